The summed E-state index contributed by atoms with van der Waals surface area (Å²) in [6.07, 6.45) is 0.967. The SMILES string of the molecule is CC(C)(C)c1cc(NC(=O)Nc2ccc(-c3cccc4c3CNC4=O)cc2)n(-c2ccc3c(c2)CCNC3)n1.Cl. The van der Waals surface area contributed by atoms with Crippen LogP contribution in [0.15, 0.2) is 66.7 Å². The third-order valence-electron chi connectivity index (χ3n) is 7.34. The van der Waals surface area contributed by atoms with Crippen molar-refractivity contribution in [2.45, 2.75) is 45.7 Å². The van der Waals surface area contributed by atoms with Gasteiger partial charge in [-0.2, -0.15) is 5.10 Å². The number of rotatable bonds is 4. The highest BCUT2D eigenvalue weighted by atomic mass is 35.5. The third-order valence-corrected chi connectivity index (χ3v) is 7.34. The molecular formula is C31H33ClN6O2. The lowest BCUT2D eigenvalue weighted by molar-refractivity contribution is 0.0965. The predicted molar refractivity (Wildman–Crippen MR) is 161 cm³/mol. The van der Waals surface area contributed by atoms with Crippen molar-refractivity contribution < 1.29 is 9.59 Å². The zero-order valence-electron chi connectivity index (χ0n) is 22.8. The molecule has 206 valence electrons. The number of halogens is 1. The van der Waals surface area contributed by atoms with Gasteiger partial charge in [-0.3, -0.25) is 10.1 Å². The van der Waals surface area contributed by atoms with Crippen molar-refractivity contribution in [2.24, 2.45) is 0 Å². The van der Waals surface area contributed by atoms with E-state index in [0.29, 0.717) is 18.1 Å². The molecule has 0 spiro atoms. The van der Waals surface area contributed by atoms with Gasteiger partial charge < -0.3 is 16.0 Å². The van der Waals surface area contributed by atoms with Gasteiger partial charge in [-0.05, 0) is 71.1 Å². The lowest BCUT2D eigenvalue weighted by atomic mass is 9.92. The molecule has 2 aliphatic heterocycles. The molecule has 0 unspecified atom stereocenters. The van der Waals surface area contributed by atoms with Gasteiger partial charge in [0.05, 0.1) is 11.4 Å². The van der Waals surface area contributed by atoms with Crippen LogP contribution in [-0.2, 0) is 24.9 Å². The molecule has 3 amide bonds. The Kier molecular flexibility index (Phi) is 7.40. The van der Waals surface area contributed by atoms with E-state index in [1.807, 2.05) is 53.2 Å². The van der Waals surface area contributed by atoms with Gasteiger partial charge in [-0.1, -0.05) is 51.1 Å². The fraction of sp³-hybridized carbons (Fsp3) is 0.258. The molecule has 0 fully saturated rings. The van der Waals surface area contributed by atoms with Crippen LogP contribution in [0.2, 0.25) is 0 Å². The number of nitrogens with zero attached hydrogens (tertiary/aromatic N) is 2. The van der Waals surface area contributed by atoms with Crippen molar-refractivity contribution in [3.05, 3.63) is 94.7 Å². The first kappa shape index (κ1) is 27.4. The number of anilines is 2. The van der Waals surface area contributed by atoms with Crippen LogP contribution in [0.4, 0.5) is 16.3 Å². The second-order valence-corrected chi connectivity index (χ2v) is 11.1. The van der Waals surface area contributed by atoms with Crippen molar-refractivity contribution in [1.82, 2.24) is 20.4 Å². The maximum atomic E-state index is 13.1. The van der Waals surface area contributed by atoms with Crippen molar-refractivity contribution >= 4 is 35.9 Å². The minimum atomic E-state index is -0.345. The summed E-state index contributed by atoms with van der Waals surface area (Å²) in [7, 11) is 0. The molecule has 1 aromatic heterocycles. The topological polar surface area (TPSA) is 100 Å². The highest BCUT2D eigenvalue weighted by Gasteiger charge is 2.23. The van der Waals surface area contributed by atoms with Crippen LogP contribution in [0.25, 0.3) is 16.8 Å². The smallest absolute Gasteiger partial charge is 0.324 e. The number of nitrogens with one attached hydrogen (secondary N) is 4. The van der Waals surface area contributed by atoms with Gasteiger partial charge >= 0.3 is 6.03 Å². The summed E-state index contributed by atoms with van der Waals surface area (Å²) >= 11 is 0. The number of hydrogen-bond donors (Lipinski definition) is 4. The minimum absolute atomic E-state index is 0. The molecule has 8 nitrogen and oxygen atoms in total. The van der Waals surface area contributed by atoms with E-state index in [2.05, 4.69) is 60.2 Å². The number of hydrogen-bond acceptors (Lipinski definition) is 4. The third kappa shape index (κ3) is 5.33. The average molecular weight is 557 g/mol. The van der Waals surface area contributed by atoms with Crippen LogP contribution in [0, 0.1) is 0 Å². The largest absolute Gasteiger partial charge is 0.348 e. The number of urea groups is 1. The highest BCUT2D eigenvalue weighted by Crippen LogP contribution is 2.31. The Balaban J connectivity index is 0.00000323. The summed E-state index contributed by atoms with van der Waals surface area (Å²) in [5, 5.41) is 17.1. The molecule has 3 aromatic carbocycles. The first-order chi connectivity index (χ1) is 18.8. The summed E-state index contributed by atoms with van der Waals surface area (Å²) < 4.78 is 1.82. The molecule has 0 radical (unpaired) electrons. The molecule has 9 heteroatoms. The summed E-state index contributed by atoms with van der Waals surface area (Å²) in [5.74, 6) is 0.572. The van der Waals surface area contributed by atoms with Gasteiger partial charge in [0.25, 0.3) is 5.91 Å². The van der Waals surface area contributed by atoms with Gasteiger partial charge in [0.2, 0.25) is 0 Å². The number of aromatic nitrogens is 2. The zero-order chi connectivity index (χ0) is 27.1. The van der Waals surface area contributed by atoms with E-state index in [0.717, 1.165) is 53.1 Å². The molecule has 0 saturated heterocycles. The number of fused-ring (bicyclic) bond motifs is 2. The highest BCUT2D eigenvalue weighted by molar-refractivity contribution is 6.01. The van der Waals surface area contributed by atoms with Crippen LogP contribution >= 0.6 is 12.4 Å². The summed E-state index contributed by atoms with van der Waals surface area (Å²) in [6.45, 7) is 8.68. The fourth-order valence-electron chi connectivity index (χ4n) is 5.16. The van der Waals surface area contributed by atoms with Crippen molar-refractivity contribution in [3.63, 3.8) is 0 Å². The molecule has 3 heterocycles. The quantitative estimate of drug-likeness (QED) is 0.255. The van der Waals surface area contributed by atoms with Crippen molar-refractivity contribution in [2.75, 3.05) is 17.2 Å². The second kappa shape index (κ2) is 10.8. The summed E-state index contributed by atoms with van der Waals surface area (Å²) in [5.41, 5.74) is 8.64. The molecule has 0 aliphatic carbocycles. The van der Waals surface area contributed by atoms with E-state index in [1.54, 1.807) is 0 Å². The monoisotopic (exact) mass is 556 g/mol. The van der Waals surface area contributed by atoms with E-state index in [1.165, 1.54) is 11.1 Å². The maximum absolute atomic E-state index is 13.1. The normalized spacial score (nSPS) is 14.0. The number of benzene rings is 3. The lowest BCUT2D eigenvalue weighted by Crippen LogP contribution is -2.24. The van der Waals surface area contributed by atoms with Crippen LogP contribution in [0.1, 0.15) is 53.5 Å². The molecule has 6 rings (SSSR count). The van der Waals surface area contributed by atoms with E-state index in [4.69, 9.17) is 5.10 Å². The average Bonchev–Trinajstić information content (AvgIpc) is 3.53. The molecule has 4 aromatic rings. The Bertz CT molecular complexity index is 1590. The standard InChI is InChI=1S/C31H32N6O2.ClH/c1-31(2,3)27-16-28(37(36-27)23-12-9-21-17-32-14-13-20(21)15-23)35-30(39)34-22-10-7-19(8-11-22)24-5-4-6-25-26(24)18-33-29(25)38;/h4-12,15-16,32H,13-14,17-18H2,1-3H3,(H,33,38)(H2,34,35,39);1H. The first-order valence-electron chi connectivity index (χ1n) is 13.3. The lowest BCUT2D eigenvalue weighted by Gasteiger charge is -2.18. The maximum Gasteiger partial charge on any atom is 0.324 e. The molecule has 2 aliphatic rings. The van der Waals surface area contributed by atoms with Gasteiger partial charge in [0, 0.05) is 35.8 Å². The van der Waals surface area contributed by atoms with Crippen LogP contribution in [0.5, 0.6) is 0 Å². The van der Waals surface area contributed by atoms with E-state index in [-0.39, 0.29) is 29.8 Å². The zero-order valence-corrected chi connectivity index (χ0v) is 23.6. The van der Waals surface area contributed by atoms with Gasteiger partial charge in [0.15, 0.2) is 0 Å². The van der Waals surface area contributed by atoms with Crippen molar-refractivity contribution in [1.29, 1.82) is 0 Å². The first-order valence-corrected chi connectivity index (χ1v) is 13.3. The van der Waals surface area contributed by atoms with Gasteiger partial charge in [-0.15, -0.1) is 12.4 Å². The van der Waals surface area contributed by atoms with Crippen LogP contribution in [0.3, 0.4) is 0 Å². The van der Waals surface area contributed by atoms with Gasteiger partial charge in [-0.25, -0.2) is 9.48 Å². The Morgan fingerprint density at radius 2 is 1.70 bits per heavy atom. The molecule has 0 bridgehead atoms. The number of carbonyl (C=O) groups is 2. The van der Waals surface area contributed by atoms with E-state index in [9.17, 15) is 9.59 Å². The number of carbonyl (C=O) groups excluding carboxylic acids is 2. The van der Waals surface area contributed by atoms with Gasteiger partial charge in [0.1, 0.15) is 5.82 Å². The molecular weight excluding hydrogens is 524 g/mol. The molecule has 0 atom stereocenters. The van der Waals surface area contributed by atoms with E-state index >= 15 is 0 Å². The van der Waals surface area contributed by atoms with E-state index < -0.39 is 0 Å². The number of amides is 3. The Hall–Kier alpha value is -4.14. The Labute approximate surface area is 240 Å². The second-order valence-electron chi connectivity index (χ2n) is 11.1. The van der Waals surface area contributed by atoms with Crippen molar-refractivity contribution in [3.8, 4) is 16.8 Å². The Morgan fingerprint density at radius 1 is 0.925 bits per heavy atom. The molecule has 4 N–H and O–H groups in total. The van der Waals surface area contributed by atoms with Crippen LogP contribution < -0.4 is 21.3 Å². The molecule has 0 saturated carbocycles. The minimum Gasteiger partial charge on any atom is -0.348 e. The van der Waals surface area contributed by atoms with Crippen LogP contribution in [-0.4, -0.2) is 28.3 Å². The predicted octanol–water partition coefficient (Wildman–Crippen LogP) is 5.79. The fourth-order valence-corrected chi connectivity index (χ4v) is 5.16. The summed E-state index contributed by atoms with van der Waals surface area (Å²) in [6, 6.07) is 21.4. The molecule has 40 heavy (non-hydrogen) atoms. The summed E-state index contributed by atoms with van der Waals surface area (Å²) in [4.78, 5) is 25.1. The Morgan fingerprint density at radius 3 is 2.48 bits per heavy atom.